The van der Waals surface area contributed by atoms with Crippen LogP contribution in [0.5, 0.6) is 0 Å². The van der Waals surface area contributed by atoms with Gasteiger partial charge >= 0.3 is 12.0 Å². The number of nitrogens with one attached hydrogen (secondary N) is 1. The molecular formula is C21H22N4O3. The molecule has 2 N–H and O–H groups in total. The first-order chi connectivity index (χ1) is 13.5. The molecule has 2 aliphatic rings. The van der Waals surface area contributed by atoms with Crippen LogP contribution in [0.1, 0.15) is 24.5 Å². The van der Waals surface area contributed by atoms with Gasteiger partial charge in [0.1, 0.15) is 0 Å². The number of rotatable bonds is 5. The molecule has 2 amide bonds. The number of aliphatic imine (C=N–C) groups is 1. The number of aryl methyl sites for hydroxylation is 1. The molecule has 2 aromatic carbocycles. The minimum atomic E-state index is -0.810. The van der Waals surface area contributed by atoms with E-state index in [1.807, 2.05) is 49.4 Å². The van der Waals surface area contributed by atoms with Gasteiger partial charge in [0.2, 0.25) is 0 Å². The lowest BCUT2D eigenvalue weighted by molar-refractivity contribution is -0.136. The van der Waals surface area contributed by atoms with Gasteiger partial charge in [0, 0.05) is 36.6 Å². The molecule has 28 heavy (non-hydrogen) atoms. The zero-order valence-electron chi connectivity index (χ0n) is 15.7. The van der Waals surface area contributed by atoms with Gasteiger partial charge in [-0.05, 0) is 48.7 Å². The molecule has 0 spiro atoms. The fourth-order valence-electron chi connectivity index (χ4n) is 3.53. The maximum absolute atomic E-state index is 13.0. The van der Waals surface area contributed by atoms with E-state index in [2.05, 4.69) is 10.3 Å². The second-order valence-corrected chi connectivity index (χ2v) is 7.01. The van der Waals surface area contributed by atoms with Gasteiger partial charge in [-0.15, -0.1) is 0 Å². The summed E-state index contributed by atoms with van der Waals surface area (Å²) in [5, 5.41) is 12.1. The molecule has 0 aromatic heterocycles. The highest BCUT2D eigenvalue weighted by molar-refractivity contribution is 6.06. The van der Waals surface area contributed by atoms with Crippen LogP contribution in [0.3, 0.4) is 0 Å². The fraction of sp³-hybridized carbons (Fsp3) is 0.286. The number of carboxylic acids is 1. The normalized spacial score (nSPS) is 15.9. The average molecular weight is 378 g/mol. The third kappa shape index (κ3) is 3.55. The summed E-state index contributed by atoms with van der Waals surface area (Å²) in [4.78, 5) is 31.6. The Hall–Kier alpha value is -3.35. The van der Waals surface area contributed by atoms with Crippen LogP contribution in [-0.4, -0.2) is 36.0 Å². The van der Waals surface area contributed by atoms with E-state index in [4.69, 9.17) is 5.11 Å². The molecule has 0 saturated carbocycles. The third-order valence-electron chi connectivity index (χ3n) is 5.09. The Bertz CT molecular complexity index is 953. The summed E-state index contributed by atoms with van der Waals surface area (Å²) in [5.41, 5.74) is 4.76. The van der Waals surface area contributed by atoms with Crippen molar-refractivity contribution in [1.82, 2.24) is 0 Å². The van der Waals surface area contributed by atoms with E-state index in [1.165, 1.54) is 0 Å². The number of hydrogen-bond acceptors (Lipinski definition) is 4. The molecule has 144 valence electrons. The zero-order chi connectivity index (χ0) is 19.7. The lowest BCUT2D eigenvalue weighted by Crippen LogP contribution is -2.31. The molecule has 2 aromatic rings. The van der Waals surface area contributed by atoms with Crippen LogP contribution < -0.4 is 15.1 Å². The Kier molecular flexibility index (Phi) is 4.73. The first-order valence-corrected chi connectivity index (χ1v) is 9.32. The summed E-state index contributed by atoms with van der Waals surface area (Å²) in [6.45, 7) is 3.81. The predicted molar refractivity (Wildman–Crippen MR) is 109 cm³/mol. The van der Waals surface area contributed by atoms with E-state index < -0.39 is 5.97 Å². The van der Waals surface area contributed by atoms with Crippen molar-refractivity contribution in [3.8, 4) is 0 Å². The molecule has 4 rings (SSSR count). The molecule has 0 unspecified atom stereocenters. The number of amidine groups is 1. The van der Waals surface area contributed by atoms with Crippen molar-refractivity contribution in [3.05, 3.63) is 53.6 Å². The number of aliphatic carboxylic acids is 1. The zero-order valence-corrected chi connectivity index (χ0v) is 15.7. The maximum atomic E-state index is 13.0. The van der Waals surface area contributed by atoms with Crippen LogP contribution >= 0.6 is 0 Å². The summed E-state index contributed by atoms with van der Waals surface area (Å²) in [6, 6.07) is 13.5. The van der Waals surface area contributed by atoms with E-state index in [1.54, 1.807) is 9.80 Å². The SMILES string of the molecule is CC1=NCc2ccc(N3CCN(c4ccc(CCC(=O)O)cc4)C3=O)cc2N1. The number of carbonyl (C=O) groups is 2. The molecule has 1 fully saturated rings. The van der Waals surface area contributed by atoms with E-state index in [0.717, 1.165) is 34.0 Å². The van der Waals surface area contributed by atoms with Crippen LogP contribution in [0, 0.1) is 0 Å². The summed E-state index contributed by atoms with van der Waals surface area (Å²) in [5.74, 6) is 0.0671. The largest absolute Gasteiger partial charge is 0.481 e. The van der Waals surface area contributed by atoms with Gasteiger partial charge in [-0.1, -0.05) is 18.2 Å². The van der Waals surface area contributed by atoms with Crippen LogP contribution in [-0.2, 0) is 17.8 Å². The quantitative estimate of drug-likeness (QED) is 0.834. The number of anilines is 3. The van der Waals surface area contributed by atoms with Crippen LogP contribution in [0.25, 0.3) is 0 Å². The number of urea groups is 1. The van der Waals surface area contributed by atoms with Crippen LogP contribution in [0.15, 0.2) is 47.5 Å². The molecule has 0 radical (unpaired) electrons. The molecule has 7 nitrogen and oxygen atoms in total. The van der Waals surface area contributed by atoms with E-state index in [-0.39, 0.29) is 12.5 Å². The molecule has 0 bridgehead atoms. The van der Waals surface area contributed by atoms with Gasteiger partial charge in [0.15, 0.2) is 0 Å². The summed E-state index contributed by atoms with van der Waals surface area (Å²) < 4.78 is 0. The first kappa shape index (κ1) is 18.0. The molecule has 0 aliphatic carbocycles. The van der Waals surface area contributed by atoms with E-state index in [0.29, 0.717) is 26.1 Å². The highest BCUT2D eigenvalue weighted by Gasteiger charge is 2.31. The molecule has 2 aliphatic heterocycles. The first-order valence-electron chi connectivity index (χ1n) is 9.32. The lowest BCUT2D eigenvalue weighted by atomic mass is 10.1. The number of fused-ring (bicyclic) bond motifs is 1. The predicted octanol–water partition coefficient (Wildman–Crippen LogP) is 3.49. The Morgan fingerprint density at radius 2 is 1.79 bits per heavy atom. The van der Waals surface area contributed by atoms with Crippen molar-refractivity contribution >= 4 is 34.9 Å². The summed E-state index contributed by atoms with van der Waals surface area (Å²) in [7, 11) is 0. The maximum Gasteiger partial charge on any atom is 0.329 e. The van der Waals surface area contributed by atoms with Gasteiger partial charge < -0.3 is 10.4 Å². The highest BCUT2D eigenvalue weighted by atomic mass is 16.4. The van der Waals surface area contributed by atoms with Crippen molar-refractivity contribution in [2.45, 2.75) is 26.3 Å². The lowest BCUT2D eigenvalue weighted by Gasteiger charge is -2.22. The standard InChI is InChI=1S/C21H22N4O3/c1-14-22-13-16-5-8-18(12-19(16)23-14)25-11-10-24(21(25)28)17-6-2-15(3-7-17)4-9-20(26)27/h2-3,5-8,12H,4,9-11,13H2,1H3,(H,22,23)(H,26,27). The van der Waals surface area contributed by atoms with Gasteiger partial charge in [-0.3, -0.25) is 19.6 Å². The third-order valence-corrected chi connectivity index (χ3v) is 5.09. The van der Waals surface area contributed by atoms with Gasteiger partial charge in [0.05, 0.1) is 12.4 Å². The minimum absolute atomic E-state index is 0.0561. The van der Waals surface area contributed by atoms with Gasteiger partial charge in [0.25, 0.3) is 0 Å². The summed E-state index contributed by atoms with van der Waals surface area (Å²) in [6.07, 6.45) is 0.590. The molecule has 2 heterocycles. The topological polar surface area (TPSA) is 85.2 Å². The van der Waals surface area contributed by atoms with Crippen molar-refractivity contribution in [2.24, 2.45) is 4.99 Å². The van der Waals surface area contributed by atoms with Crippen LogP contribution in [0.4, 0.5) is 21.9 Å². The molecule has 0 atom stereocenters. The summed E-state index contributed by atoms with van der Waals surface area (Å²) >= 11 is 0. The Balaban J connectivity index is 1.48. The smallest absolute Gasteiger partial charge is 0.329 e. The number of nitrogens with zero attached hydrogens (tertiary/aromatic N) is 3. The molecule has 7 heteroatoms. The van der Waals surface area contributed by atoms with E-state index in [9.17, 15) is 9.59 Å². The Morgan fingerprint density at radius 3 is 2.50 bits per heavy atom. The monoisotopic (exact) mass is 378 g/mol. The Morgan fingerprint density at radius 1 is 1.11 bits per heavy atom. The van der Waals surface area contributed by atoms with E-state index >= 15 is 0 Å². The second kappa shape index (κ2) is 7.34. The highest BCUT2D eigenvalue weighted by Crippen LogP contribution is 2.30. The van der Waals surface area contributed by atoms with Crippen molar-refractivity contribution in [3.63, 3.8) is 0 Å². The van der Waals surface area contributed by atoms with Crippen molar-refractivity contribution in [1.29, 1.82) is 0 Å². The van der Waals surface area contributed by atoms with Crippen molar-refractivity contribution < 1.29 is 14.7 Å². The fourth-order valence-corrected chi connectivity index (χ4v) is 3.53. The minimum Gasteiger partial charge on any atom is -0.481 e. The number of amides is 2. The van der Waals surface area contributed by atoms with Crippen LogP contribution in [0.2, 0.25) is 0 Å². The van der Waals surface area contributed by atoms with Gasteiger partial charge in [-0.2, -0.15) is 0 Å². The molecular weight excluding hydrogens is 356 g/mol. The number of benzene rings is 2. The Labute approximate surface area is 163 Å². The second-order valence-electron chi connectivity index (χ2n) is 7.01. The number of carboxylic acid groups (broad SMARTS) is 1. The average Bonchev–Trinajstić information content (AvgIpc) is 3.07. The molecule has 1 saturated heterocycles. The number of carbonyl (C=O) groups excluding carboxylic acids is 1. The van der Waals surface area contributed by atoms with Gasteiger partial charge in [-0.25, -0.2) is 4.79 Å². The van der Waals surface area contributed by atoms with Crippen molar-refractivity contribution in [2.75, 3.05) is 28.2 Å². The number of hydrogen-bond donors (Lipinski definition) is 2.